The fraction of sp³-hybridized carbons (Fsp3) is 1.00. The van der Waals surface area contributed by atoms with Gasteiger partial charge in [-0.2, -0.15) is 11.8 Å². The van der Waals surface area contributed by atoms with E-state index in [9.17, 15) is 0 Å². The Morgan fingerprint density at radius 3 is 3.00 bits per heavy atom. The van der Waals surface area contributed by atoms with Crippen LogP contribution in [-0.2, 0) is 0 Å². The maximum atomic E-state index is 3.69. The summed E-state index contributed by atoms with van der Waals surface area (Å²) in [5, 5.41) is 7.14. The van der Waals surface area contributed by atoms with Crippen molar-refractivity contribution >= 4 is 11.8 Å². The molecule has 0 aliphatic carbocycles. The molecule has 2 N–H and O–H groups in total. The van der Waals surface area contributed by atoms with Crippen molar-refractivity contribution in [1.29, 1.82) is 0 Å². The third kappa shape index (κ3) is 7.20. The van der Waals surface area contributed by atoms with E-state index < -0.39 is 0 Å². The summed E-state index contributed by atoms with van der Waals surface area (Å²) >= 11 is 1.96. The van der Waals surface area contributed by atoms with Gasteiger partial charge in [-0.3, -0.25) is 0 Å². The molecule has 0 saturated carbocycles. The molecule has 2 nitrogen and oxygen atoms in total. The van der Waals surface area contributed by atoms with E-state index >= 15 is 0 Å². The standard InChI is InChI=1S/C12H26N2S/c1-15-11-4-2-3-9-14-12-6-5-8-13-10-7-12/h12-14H,2-11H2,1H3. The molecule has 1 aliphatic rings. The van der Waals surface area contributed by atoms with Gasteiger partial charge in [-0.15, -0.1) is 0 Å². The van der Waals surface area contributed by atoms with Crippen LogP contribution in [0.2, 0.25) is 0 Å². The summed E-state index contributed by atoms with van der Waals surface area (Å²) in [5.41, 5.74) is 0. The molecule has 1 saturated heterocycles. The molecule has 0 spiro atoms. The van der Waals surface area contributed by atoms with Gasteiger partial charge in [-0.25, -0.2) is 0 Å². The second-order valence-corrected chi connectivity index (χ2v) is 5.37. The summed E-state index contributed by atoms with van der Waals surface area (Å²) in [4.78, 5) is 0. The first kappa shape index (κ1) is 13.3. The van der Waals surface area contributed by atoms with Crippen molar-refractivity contribution in [2.75, 3.05) is 31.6 Å². The van der Waals surface area contributed by atoms with Crippen LogP contribution in [0.15, 0.2) is 0 Å². The fourth-order valence-corrected chi connectivity index (χ4v) is 2.57. The average molecular weight is 230 g/mol. The Bertz CT molecular complexity index is 134. The summed E-state index contributed by atoms with van der Waals surface area (Å²) in [6.45, 7) is 3.63. The van der Waals surface area contributed by atoms with Crippen molar-refractivity contribution in [3.05, 3.63) is 0 Å². The largest absolute Gasteiger partial charge is 0.317 e. The number of nitrogens with one attached hydrogen (secondary N) is 2. The molecule has 1 atom stereocenters. The van der Waals surface area contributed by atoms with Crippen LogP contribution in [0, 0.1) is 0 Å². The van der Waals surface area contributed by atoms with Gasteiger partial charge in [-0.05, 0) is 63.7 Å². The molecule has 3 heteroatoms. The van der Waals surface area contributed by atoms with Crippen molar-refractivity contribution in [2.45, 2.75) is 44.6 Å². The van der Waals surface area contributed by atoms with Crippen LogP contribution >= 0.6 is 11.8 Å². The lowest BCUT2D eigenvalue weighted by Gasteiger charge is -2.15. The summed E-state index contributed by atoms with van der Waals surface area (Å²) in [6, 6.07) is 0.778. The first-order valence-corrected chi connectivity index (χ1v) is 7.76. The fourth-order valence-electron chi connectivity index (χ4n) is 2.08. The van der Waals surface area contributed by atoms with Crippen LogP contribution in [0.5, 0.6) is 0 Å². The molecule has 0 bridgehead atoms. The average Bonchev–Trinajstić information content (AvgIpc) is 2.52. The number of hydrogen-bond donors (Lipinski definition) is 2. The predicted octanol–water partition coefficient (Wildman–Crippen LogP) is 2.25. The molecule has 1 unspecified atom stereocenters. The van der Waals surface area contributed by atoms with Crippen LogP contribution < -0.4 is 10.6 Å². The van der Waals surface area contributed by atoms with Gasteiger partial charge in [0.25, 0.3) is 0 Å². The van der Waals surface area contributed by atoms with E-state index in [1.807, 2.05) is 11.8 Å². The van der Waals surface area contributed by atoms with Gasteiger partial charge >= 0.3 is 0 Å². The zero-order chi connectivity index (χ0) is 10.8. The van der Waals surface area contributed by atoms with Crippen LogP contribution in [0.4, 0.5) is 0 Å². The van der Waals surface area contributed by atoms with Crippen LogP contribution in [0.1, 0.15) is 38.5 Å². The topological polar surface area (TPSA) is 24.1 Å². The van der Waals surface area contributed by atoms with E-state index in [2.05, 4.69) is 16.9 Å². The molecule has 0 radical (unpaired) electrons. The minimum absolute atomic E-state index is 0.778. The molecule has 0 amide bonds. The third-order valence-electron chi connectivity index (χ3n) is 3.03. The van der Waals surface area contributed by atoms with E-state index in [1.54, 1.807) is 0 Å². The Balaban J connectivity index is 1.89. The highest BCUT2D eigenvalue weighted by atomic mass is 32.2. The summed E-state index contributed by atoms with van der Waals surface area (Å²) in [7, 11) is 0. The highest BCUT2D eigenvalue weighted by Gasteiger charge is 2.09. The van der Waals surface area contributed by atoms with Gasteiger partial charge in [0.15, 0.2) is 0 Å². The SMILES string of the molecule is CSCCCCCNC1CCCNCC1. The number of unbranched alkanes of at least 4 members (excludes halogenated alkanes) is 2. The maximum absolute atomic E-state index is 3.69. The van der Waals surface area contributed by atoms with Gasteiger partial charge in [0, 0.05) is 6.04 Å². The van der Waals surface area contributed by atoms with Gasteiger partial charge in [0.2, 0.25) is 0 Å². The van der Waals surface area contributed by atoms with Crippen LogP contribution in [0.3, 0.4) is 0 Å². The van der Waals surface area contributed by atoms with Gasteiger partial charge in [0.1, 0.15) is 0 Å². The first-order valence-electron chi connectivity index (χ1n) is 6.36. The summed E-state index contributed by atoms with van der Waals surface area (Å²) in [5.74, 6) is 1.33. The quantitative estimate of drug-likeness (QED) is 0.656. The van der Waals surface area contributed by atoms with Gasteiger partial charge < -0.3 is 10.6 Å². The Labute approximate surface area is 99.0 Å². The Hall–Kier alpha value is 0.270. The zero-order valence-electron chi connectivity index (χ0n) is 10.1. The van der Waals surface area contributed by atoms with Gasteiger partial charge in [0.05, 0.1) is 0 Å². The van der Waals surface area contributed by atoms with Gasteiger partial charge in [-0.1, -0.05) is 6.42 Å². The molecule has 1 fully saturated rings. The second-order valence-electron chi connectivity index (χ2n) is 4.39. The number of thioether (sulfide) groups is 1. The van der Waals surface area contributed by atoms with Crippen molar-refractivity contribution in [3.8, 4) is 0 Å². The molecule has 1 rings (SSSR count). The lowest BCUT2D eigenvalue weighted by atomic mass is 10.1. The van der Waals surface area contributed by atoms with E-state index in [-0.39, 0.29) is 0 Å². The Morgan fingerprint density at radius 1 is 1.20 bits per heavy atom. The lowest BCUT2D eigenvalue weighted by molar-refractivity contribution is 0.460. The smallest absolute Gasteiger partial charge is 0.00796 e. The lowest BCUT2D eigenvalue weighted by Crippen LogP contribution is -2.30. The minimum Gasteiger partial charge on any atom is -0.317 e. The van der Waals surface area contributed by atoms with E-state index in [0.717, 1.165) is 6.04 Å². The second kappa shape index (κ2) is 9.49. The highest BCUT2D eigenvalue weighted by Crippen LogP contribution is 2.06. The third-order valence-corrected chi connectivity index (χ3v) is 3.73. The van der Waals surface area contributed by atoms with Crippen LogP contribution in [-0.4, -0.2) is 37.7 Å². The molecule has 15 heavy (non-hydrogen) atoms. The zero-order valence-corrected chi connectivity index (χ0v) is 10.9. The van der Waals surface area contributed by atoms with Crippen molar-refractivity contribution in [1.82, 2.24) is 10.6 Å². The number of hydrogen-bond acceptors (Lipinski definition) is 3. The van der Waals surface area contributed by atoms with E-state index in [0.29, 0.717) is 0 Å². The molecule has 0 aromatic rings. The Kier molecular flexibility index (Phi) is 8.44. The highest BCUT2D eigenvalue weighted by molar-refractivity contribution is 7.98. The van der Waals surface area contributed by atoms with E-state index in [1.165, 1.54) is 63.9 Å². The Morgan fingerprint density at radius 2 is 2.13 bits per heavy atom. The van der Waals surface area contributed by atoms with Crippen molar-refractivity contribution in [3.63, 3.8) is 0 Å². The van der Waals surface area contributed by atoms with Crippen molar-refractivity contribution < 1.29 is 0 Å². The van der Waals surface area contributed by atoms with Crippen LogP contribution in [0.25, 0.3) is 0 Å². The normalized spacial score (nSPS) is 22.6. The summed E-state index contributed by atoms with van der Waals surface area (Å²) < 4.78 is 0. The molecule has 0 aromatic carbocycles. The minimum atomic E-state index is 0.778. The number of rotatable bonds is 7. The molecule has 0 aromatic heterocycles. The molecule has 1 aliphatic heterocycles. The predicted molar refractivity (Wildman–Crippen MR) is 70.7 cm³/mol. The first-order chi connectivity index (χ1) is 7.43. The molecule has 1 heterocycles. The molecule has 90 valence electrons. The maximum Gasteiger partial charge on any atom is 0.00796 e. The van der Waals surface area contributed by atoms with E-state index in [4.69, 9.17) is 0 Å². The van der Waals surface area contributed by atoms with Crippen molar-refractivity contribution in [2.24, 2.45) is 0 Å². The summed E-state index contributed by atoms with van der Waals surface area (Å²) in [6.07, 6.45) is 10.3. The monoisotopic (exact) mass is 230 g/mol. The molecular weight excluding hydrogens is 204 g/mol. The molecular formula is C12H26N2S.